The van der Waals surface area contributed by atoms with Crippen molar-refractivity contribution in [3.8, 4) is 5.75 Å². The van der Waals surface area contributed by atoms with Gasteiger partial charge in [-0.1, -0.05) is 35.9 Å². The number of nitrogens with two attached hydrogens (primary N) is 1. The lowest BCUT2D eigenvalue weighted by molar-refractivity contribution is 0.415. The Balaban J connectivity index is 1.63. The largest absolute Gasteiger partial charge is 0.456 e. The van der Waals surface area contributed by atoms with Crippen LogP contribution in [0.1, 0.15) is 18.1 Å². The first kappa shape index (κ1) is 14.8. The fraction of sp³-hybridized carbons (Fsp3) is 0.176. The van der Waals surface area contributed by atoms with E-state index in [1.54, 1.807) is 0 Å². The summed E-state index contributed by atoms with van der Waals surface area (Å²) in [5.74, 6) is 2.03. The summed E-state index contributed by atoms with van der Waals surface area (Å²) in [4.78, 5) is 0. The van der Waals surface area contributed by atoms with Crippen LogP contribution in [0.4, 0.5) is 5.69 Å². The molecule has 0 fully saturated rings. The molecule has 0 unspecified atom stereocenters. The minimum Gasteiger partial charge on any atom is -0.456 e. The number of hydrogen-bond acceptors (Lipinski definition) is 4. The highest BCUT2D eigenvalue weighted by Crippen LogP contribution is 2.32. The van der Waals surface area contributed by atoms with Crippen LogP contribution in [-0.2, 0) is 13.1 Å². The number of benzene rings is 2. The van der Waals surface area contributed by atoms with Crippen LogP contribution in [0.15, 0.2) is 54.0 Å². The molecule has 22 heavy (non-hydrogen) atoms. The molecule has 0 spiro atoms. The van der Waals surface area contributed by atoms with E-state index in [9.17, 15) is 0 Å². The molecule has 4 N–H and O–H groups in total. The second-order valence-electron chi connectivity index (χ2n) is 5.22. The standard InChI is InChI=1S/C17H18ClN3O/c1-11-17(19)21-15-8-12(6-7-16(15)22-11)9-20-10-13-4-2-3-5-14(13)18/h2-8,20-21H,9-10,19H2,1H3. The van der Waals surface area contributed by atoms with Gasteiger partial charge in [-0.25, -0.2) is 0 Å². The molecule has 1 aliphatic rings. The minimum atomic E-state index is 0.550. The lowest BCUT2D eigenvalue weighted by Crippen LogP contribution is -2.19. The lowest BCUT2D eigenvalue weighted by atomic mass is 10.1. The van der Waals surface area contributed by atoms with Gasteiger partial charge in [0.05, 0.1) is 5.69 Å². The summed E-state index contributed by atoms with van der Waals surface area (Å²) in [6.45, 7) is 3.30. The molecule has 2 aromatic rings. The number of halogens is 1. The molecule has 0 aromatic heterocycles. The van der Waals surface area contributed by atoms with Gasteiger partial charge in [-0.05, 0) is 36.2 Å². The third kappa shape index (κ3) is 3.18. The predicted octanol–water partition coefficient (Wildman–Crippen LogP) is 3.58. The van der Waals surface area contributed by atoms with Crippen LogP contribution in [0.5, 0.6) is 5.75 Å². The van der Waals surface area contributed by atoms with E-state index >= 15 is 0 Å². The Morgan fingerprint density at radius 3 is 2.82 bits per heavy atom. The number of nitrogens with one attached hydrogen (secondary N) is 2. The Kier molecular flexibility index (Phi) is 4.22. The van der Waals surface area contributed by atoms with Crippen LogP contribution < -0.4 is 21.1 Å². The first-order valence-corrected chi connectivity index (χ1v) is 7.49. The summed E-state index contributed by atoms with van der Waals surface area (Å²) in [5, 5.41) is 7.32. The first-order chi connectivity index (χ1) is 10.6. The third-order valence-electron chi connectivity index (χ3n) is 3.56. The van der Waals surface area contributed by atoms with Crippen molar-refractivity contribution in [2.75, 3.05) is 5.32 Å². The summed E-state index contributed by atoms with van der Waals surface area (Å²) in [7, 11) is 0. The van der Waals surface area contributed by atoms with E-state index in [-0.39, 0.29) is 0 Å². The van der Waals surface area contributed by atoms with E-state index in [1.165, 1.54) is 0 Å². The van der Waals surface area contributed by atoms with Crippen molar-refractivity contribution in [3.05, 3.63) is 70.2 Å². The summed E-state index contributed by atoms with van der Waals surface area (Å²) in [5.41, 5.74) is 8.97. The molecule has 0 aliphatic carbocycles. The Labute approximate surface area is 134 Å². The van der Waals surface area contributed by atoms with Crippen molar-refractivity contribution < 1.29 is 4.74 Å². The van der Waals surface area contributed by atoms with E-state index in [0.717, 1.165) is 40.7 Å². The fourth-order valence-electron chi connectivity index (χ4n) is 2.31. The zero-order valence-electron chi connectivity index (χ0n) is 12.3. The summed E-state index contributed by atoms with van der Waals surface area (Å²) >= 11 is 6.15. The van der Waals surface area contributed by atoms with Gasteiger partial charge in [0.2, 0.25) is 0 Å². The highest BCUT2D eigenvalue weighted by molar-refractivity contribution is 6.31. The molecular weight excluding hydrogens is 298 g/mol. The molecular formula is C17H18ClN3O. The molecule has 0 atom stereocenters. The maximum Gasteiger partial charge on any atom is 0.150 e. The Morgan fingerprint density at radius 1 is 1.18 bits per heavy atom. The second-order valence-corrected chi connectivity index (χ2v) is 5.63. The smallest absolute Gasteiger partial charge is 0.150 e. The van der Waals surface area contributed by atoms with Crippen LogP contribution in [-0.4, -0.2) is 0 Å². The van der Waals surface area contributed by atoms with E-state index in [0.29, 0.717) is 11.6 Å². The zero-order valence-corrected chi connectivity index (χ0v) is 13.1. The van der Waals surface area contributed by atoms with Gasteiger partial charge in [0.25, 0.3) is 0 Å². The predicted molar refractivity (Wildman–Crippen MR) is 89.6 cm³/mol. The van der Waals surface area contributed by atoms with Crippen LogP contribution >= 0.6 is 11.6 Å². The van der Waals surface area contributed by atoms with E-state index in [4.69, 9.17) is 22.1 Å². The number of ether oxygens (including phenoxy) is 1. The van der Waals surface area contributed by atoms with Gasteiger partial charge in [-0.3, -0.25) is 0 Å². The van der Waals surface area contributed by atoms with E-state index < -0.39 is 0 Å². The highest BCUT2D eigenvalue weighted by atomic mass is 35.5. The lowest BCUT2D eigenvalue weighted by Gasteiger charge is -2.21. The molecule has 2 aromatic carbocycles. The van der Waals surface area contributed by atoms with Gasteiger partial charge in [0, 0.05) is 18.1 Å². The number of hydrogen-bond donors (Lipinski definition) is 3. The van der Waals surface area contributed by atoms with E-state index in [2.05, 4.69) is 10.6 Å². The van der Waals surface area contributed by atoms with Crippen molar-refractivity contribution in [1.82, 2.24) is 5.32 Å². The molecule has 0 saturated heterocycles. The summed E-state index contributed by atoms with van der Waals surface area (Å²) < 4.78 is 5.64. The Bertz CT molecular complexity index is 728. The Hall–Kier alpha value is -2.17. The molecule has 0 bridgehead atoms. The van der Waals surface area contributed by atoms with E-state index in [1.807, 2.05) is 49.4 Å². The average molecular weight is 316 g/mol. The van der Waals surface area contributed by atoms with Gasteiger partial charge < -0.3 is 21.1 Å². The van der Waals surface area contributed by atoms with Gasteiger partial charge in [0.15, 0.2) is 5.75 Å². The second kappa shape index (κ2) is 6.30. The van der Waals surface area contributed by atoms with Gasteiger partial charge in [-0.2, -0.15) is 0 Å². The minimum absolute atomic E-state index is 0.550. The van der Waals surface area contributed by atoms with Crippen molar-refractivity contribution >= 4 is 17.3 Å². The van der Waals surface area contributed by atoms with Crippen LogP contribution in [0.2, 0.25) is 5.02 Å². The number of anilines is 1. The molecule has 114 valence electrons. The maximum absolute atomic E-state index is 6.15. The molecule has 1 aliphatic heterocycles. The molecule has 0 amide bonds. The zero-order chi connectivity index (χ0) is 15.5. The average Bonchev–Trinajstić information content (AvgIpc) is 2.50. The number of rotatable bonds is 4. The van der Waals surface area contributed by atoms with Crippen molar-refractivity contribution in [2.24, 2.45) is 5.73 Å². The highest BCUT2D eigenvalue weighted by Gasteiger charge is 2.14. The maximum atomic E-state index is 6.15. The van der Waals surface area contributed by atoms with Crippen molar-refractivity contribution in [2.45, 2.75) is 20.0 Å². The summed E-state index contributed by atoms with van der Waals surface area (Å²) in [6, 6.07) is 13.9. The number of fused-ring (bicyclic) bond motifs is 1. The van der Waals surface area contributed by atoms with Crippen molar-refractivity contribution in [3.63, 3.8) is 0 Å². The van der Waals surface area contributed by atoms with Gasteiger partial charge in [0.1, 0.15) is 11.6 Å². The fourth-order valence-corrected chi connectivity index (χ4v) is 2.51. The van der Waals surface area contributed by atoms with Crippen LogP contribution in [0.3, 0.4) is 0 Å². The van der Waals surface area contributed by atoms with Crippen LogP contribution in [0.25, 0.3) is 0 Å². The van der Waals surface area contributed by atoms with Gasteiger partial charge in [-0.15, -0.1) is 0 Å². The molecule has 4 nitrogen and oxygen atoms in total. The SMILES string of the molecule is CC1=C(N)Nc2cc(CNCc3ccccc3Cl)ccc2O1. The molecule has 0 saturated carbocycles. The molecule has 1 heterocycles. The number of allylic oxidation sites excluding steroid dienone is 1. The topological polar surface area (TPSA) is 59.3 Å². The first-order valence-electron chi connectivity index (χ1n) is 7.12. The van der Waals surface area contributed by atoms with Crippen LogP contribution in [0, 0.1) is 0 Å². The van der Waals surface area contributed by atoms with Crippen molar-refractivity contribution in [1.29, 1.82) is 0 Å². The molecule has 3 rings (SSSR count). The normalized spacial score (nSPS) is 13.4. The molecule has 5 heteroatoms. The quantitative estimate of drug-likeness (QED) is 0.807. The monoisotopic (exact) mass is 315 g/mol. The summed E-state index contributed by atoms with van der Waals surface area (Å²) in [6.07, 6.45) is 0. The Morgan fingerprint density at radius 2 is 2.00 bits per heavy atom. The molecule has 0 radical (unpaired) electrons. The van der Waals surface area contributed by atoms with Gasteiger partial charge >= 0.3 is 0 Å². The third-order valence-corrected chi connectivity index (χ3v) is 3.93.